The Morgan fingerprint density at radius 3 is 2.63 bits per heavy atom. The number of benzene rings is 1. The van der Waals surface area contributed by atoms with Gasteiger partial charge in [-0.25, -0.2) is 23.1 Å². The Labute approximate surface area is 217 Å². The van der Waals surface area contributed by atoms with E-state index in [1.807, 2.05) is 0 Å². The molecule has 0 spiro atoms. The summed E-state index contributed by atoms with van der Waals surface area (Å²) in [5, 5.41) is 3.18. The summed E-state index contributed by atoms with van der Waals surface area (Å²) in [6, 6.07) is 4.95. The van der Waals surface area contributed by atoms with E-state index in [2.05, 4.69) is 20.3 Å². The Bertz CT molecular complexity index is 1330. The van der Waals surface area contributed by atoms with Gasteiger partial charge in [0.2, 0.25) is 11.8 Å². The van der Waals surface area contributed by atoms with Crippen molar-refractivity contribution in [2.45, 2.75) is 38.4 Å². The molecule has 1 amide bonds. The molecule has 7 nitrogen and oxygen atoms in total. The third-order valence-corrected chi connectivity index (χ3v) is 7.12. The molecule has 2 atom stereocenters. The Balaban J connectivity index is 1.64. The first kappa shape index (κ1) is 27.6. The summed E-state index contributed by atoms with van der Waals surface area (Å²) < 4.78 is 87.9. The fraction of sp³-hybridized carbons (Fsp3) is 0.417. The van der Waals surface area contributed by atoms with Crippen LogP contribution in [0.4, 0.5) is 32.3 Å². The fourth-order valence-corrected chi connectivity index (χ4v) is 5.35. The van der Waals surface area contributed by atoms with E-state index in [9.17, 15) is 31.1 Å². The highest BCUT2D eigenvalue weighted by Crippen LogP contribution is 2.39. The summed E-state index contributed by atoms with van der Waals surface area (Å²) >= 11 is 1.07. The summed E-state index contributed by atoms with van der Waals surface area (Å²) in [6.07, 6.45) is -4.71. The lowest BCUT2D eigenvalue weighted by atomic mass is 9.88. The fourth-order valence-electron chi connectivity index (χ4n) is 4.41. The van der Waals surface area contributed by atoms with Crippen LogP contribution < -0.4 is 10.1 Å². The molecule has 1 unspecified atom stereocenters. The minimum atomic E-state index is -4.74. The molecule has 1 saturated heterocycles. The van der Waals surface area contributed by atoms with Crippen molar-refractivity contribution in [2.24, 2.45) is 5.92 Å². The van der Waals surface area contributed by atoms with Crippen molar-refractivity contribution >= 4 is 23.2 Å². The molecular weight excluding hydrogens is 536 g/mol. The number of rotatable bonds is 6. The van der Waals surface area contributed by atoms with Crippen LogP contribution in [0.15, 0.2) is 30.5 Å². The molecule has 0 radical (unpaired) electrons. The molecule has 4 rings (SSSR count). The summed E-state index contributed by atoms with van der Waals surface area (Å²) in [7, 11) is 1.02. The molecule has 204 valence electrons. The van der Waals surface area contributed by atoms with Gasteiger partial charge in [-0.15, -0.1) is 11.3 Å². The van der Waals surface area contributed by atoms with Crippen LogP contribution in [0.3, 0.4) is 0 Å². The Hall–Kier alpha value is -3.42. The quantitative estimate of drug-likeness (QED) is 0.392. The van der Waals surface area contributed by atoms with Crippen molar-refractivity contribution in [2.75, 3.05) is 25.5 Å². The monoisotopic (exact) mass is 559 g/mol. The Kier molecular flexibility index (Phi) is 7.55. The number of ether oxygens (including phenoxy) is 1. The number of anilines is 1. The molecule has 0 aliphatic carbocycles. The number of thiazole rings is 1. The molecule has 14 heteroatoms. The molecule has 38 heavy (non-hydrogen) atoms. The molecule has 3 aromatic rings. The standard InChI is InChI=1S/C24H23F6N5O2S/c1-12-8-23(26,27)11-35(17(12)10-32-22-31-9-15(24(28,29)30)20(34-22)37-3)21(36)18-19(38-13(2)33-18)14-6-4-5-7-16(14)25/h4-7,9,12,17H,8,10-11H2,1-3H3,(H,31,32,34)/t12-,17?/m1/s1. The van der Waals surface area contributed by atoms with E-state index in [4.69, 9.17) is 4.74 Å². The molecule has 1 aromatic carbocycles. The van der Waals surface area contributed by atoms with Crippen molar-refractivity contribution in [3.8, 4) is 16.3 Å². The van der Waals surface area contributed by atoms with Crippen LogP contribution >= 0.6 is 11.3 Å². The van der Waals surface area contributed by atoms with E-state index in [-0.39, 0.29) is 28.6 Å². The summed E-state index contributed by atoms with van der Waals surface area (Å²) in [5.41, 5.74) is -1.20. The molecule has 1 aliphatic rings. The zero-order valence-electron chi connectivity index (χ0n) is 20.4. The normalized spacial score (nSPS) is 19.3. The van der Waals surface area contributed by atoms with Gasteiger partial charge >= 0.3 is 6.18 Å². The highest BCUT2D eigenvalue weighted by atomic mass is 32.1. The minimum Gasteiger partial charge on any atom is -0.480 e. The third-order valence-electron chi connectivity index (χ3n) is 6.12. The van der Waals surface area contributed by atoms with Gasteiger partial charge in [0, 0.05) is 24.7 Å². The molecule has 2 aromatic heterocycles. The molecule has 0 saturated carbocycles. The van der Waals surface area contributed by atoms with Gasteiger partial charge in [0.05, 0.1) is 29.6 Å². The van der Waals surface area contributed by atoms with Crippen molar-refractivity contribution < 1.29 is 35.9 Å². The van der Waals surface area contributed by atoms with Gasteiger partial charge in [-0.05, 0) is 18.9 Å². The number of nitrogens with one attached hydrogen (secondary N) is 1. The second kappa shape index (κ2) is 10.4. The number of hydrogen-bond acceptors (Lipinski definition) is 7. The number of methoxy groups -OCH3 is 1. The third kappa shape index (κ3) is 5.69. The van der Waals surface area contributed by atoms with Gasteiger partial charge in [0.25, 0.3) is 11.8 Å². The van der Waals surface area contributed by atoms with Crippen LogP contribution in [0.1, 0.15) is 34.4 Å². The van der Waals surface area contributed by atoms with Gasteiger partial charge in [-0.3, -0.25) is 4.79 Å². The number of piperidine rings is 1. The van der Waals surface area contributed by atoms with Crippen LogP contribution in [0.25, 0.3) is 10.4 Å². The van der Waals surface area contributed by atoms with Gasteiger partial charge in [0.15, 0.2) is 0 Å². The van der Waals surface area contributed by atoms with E-state index in [0.717, 1.165) is 23.3 Å². The summed E-state index contributed by atoms with van der Waals surface area (Å²) in [6.45, 7) is 2.11. The predicted octanol–water partition coefficient (Wildman–Crippen LogP) is 5.67. The van der Waals surface area contributed by atoms with E-state index in [1.54, 1.807) is 13.0 Å². The number of carbonyl (C=O) groups is 1. The largest absolute Gasteiger partial charge is 0.480 e. The molecule has 0 bridgehead atoms. The zero-order chi connectivity index (χ0) is 27.8. The highest BCUT2D eigenvalue weighted by molar-refractivity contribution is 7.15. The van der Waals surface area contributed by atoms with Crippen molar-refractivity contribution in [1.82, 2.24) is 19.9 Å². The van der Waals surface area contributed by atoms with Crippen molar-refractivity contribution in [3.63, 3.8) is 0 Å². The average molecular weight is 560 g/mol. The van der Waals surface area contributed by atoms with Crippen LogP contribution in [0, 0.1) is 18.7 Å². The maximum atomic E-state index is 14.6. The highest BCUT2D eigenvalue weighted by Gasteiger charge is 2.47. The summed E-state index contributed by atoms with van der Waals surface area (Å²) in [4.78, 5) is 26.4. The van der Waals surface area contributed by atoms with E-state index >= 15 is 0 Å². The van der Waals surface area contributed by atoms with E-state index < -0.39 is 60.2 Å². The van der Waals surface area contributed by atoms with Gasteiger partial charge in [-0.2, -0.15) is 18.2 Å². The Morgan fingerprint density at radius 2 is 1.97 bits per heavy atom. The Morgan fingerprint density at radius 1 is 1.26 bits per heavy atom. The van der Waals surface area contributed by atoms with Crippen molar-refractivity contribution in [1.29, 1.82) is 0 Å². The average Bonchev–Trinajstić information content (AvgIpc) is 3.22. The van der Waals surface area contributed by atoms with Gasteiger partial charge in [-0.1, -0.05) is 25.1 Å². The molecule has 1 fully saturated rings. The first-order valence-electron chi connectivity index (χ1n) is 11.4. The van der Waals surface area contributed by atoms with Gasteiger partial charge < -0.3 is 15.0 Å². The smallest absolute Gasteiger partial charge is 0.423 e. The predicted molar refractivity (Wildman–Crippen MR) is 128 cm³/mol. The SMILES string of the molecule is COc1nc(NCC2[C@H](C)CC(F)(F)CN2C(=O)c2nc(C)sc2-c2ccccc2F)ncc1C(F)(F)F. The molecule has 3 heterocycles. The number of nitrogens with zero attached hydrogens (tertiary/aromatic N) is 4. The number of aromatic nitrogens is 3. The van der Waals surface area contributed by atoms with Crippen LogP contribution in [0.5, 0.6) is 5.88 Å². The zero-order valence-corrected chi connectivity index (χ0v) is 21.3. The van der Waals surface area contributed by atoms with Gasteiger partial charge in [0.1, 0.15) is 17.1 Å². The first-order valence-corrected chi connectivity index (χ1v) is 12.3. The molecule has 1 N–H and O–H groups in total. The number of halogens is 6. The first-order chi connectivity index (χ1) is 17.8. The van der Waals surface area contributed by atoms with Crippen LogP contribution in [-0.4, -0.2) is 57.9 Å². The van der Waals surface area contributed by atoms with Crippen LogP contribution in [0.2, 0.25) is 0 Å². The molecular formula is C24H23F6N5O2S. The number of aryl methyl sites for hydroxylation is 1. The topological polar surface area (TPSA) is 80.2 Å². The lowest BCUT2D eigenvalue weighted by molar-refractivity contribution is -0.139. The van der Waals surface area contributed by atoms with Crippen LogP contribution in [-0.2, 0) is 6.18 Å². The number of alkyl halides is 5. The summed E-state index contributed by atoms with van der Waals surface area (Å²) in [5.74, 6) is -6.25. The van der Waals surface area contributed by atoms with E-state index in [0.29, 0.717) is 11.2 Å². The lowest BCUT2D eigenvalue weighted by Crippen LogP contribution is -2.57. The van der Waals surface area contributed by atoms with Crippen molar-refractivity contribution in [3.05, 3.63) is 52.5 Å². The maximum absolute atomic E-state index is 14.6. The van der Waals surface area contributed by atoms with E-state index in [1.165, 1.54) is 25.1 Å². The second-order valence-electron chi connectivity index (χ2n) is 8.92. The lowest BCUT2D eigenvalue weighted by Gasteiger charge is -2.43. The minimum absolute atomic E-state index is 0.123. The number of hydrogen-bond donors (Lipinski definition) is 1. The number of amides is 1. The number of likely N-dealkylation sites (tertiary alicyclic amines) is 1. The maximum Gasteiger partial charge on any atom is 0.423 e. The second-order valence-corrected chi connectivity index (χ2v) is 10.1. The molecule has 1 aliphatic heterocycles. The number of carbonyl (C=O) groups excluding carboxylic acids is 1.